The number of nitriles is 1. The summed E-state index contributed by atoms with van der Waals surface area (Å²) in [6, 6.07) is 14.8. The van der Waals surface area contributed by atoms with Gasteiger partial charge in [-0.15, -0.1) is 0 Å². The van der Waals surface area contributed by atoms with Gasteiger partial charge in [-0.3, -0.25) is 9.48 Å². The summed E-state index contributed by atoms with van der Waals surface area (Å²) in [6.07, 6.45) is 2.09. The molecule has 1 aliphatic rings. The summed E-state index contributed by atoms with van der Waals surface area (Å²) in [5.41, 5.74) is 1.84. The number of halogens is 2. The Kier molecular flexibility index (Phi) is 6.80. The van der Waals surface area contributed by atoms with Crippen molar-refractivity contribution in [2.45, 2.75) is 25.7 Å². The minimum atomic E-state index is -2.96. The van der Waals surface area contributed by atoms with Gasteiger partial charge in [-0.05, 0) is 30.3 Å². The van der Waals surface area contributed by atoms with E-state index < -0.39 is 6.61 Å². The molecule has 0 unspecified atom stereocenters. The second-order valence-corrected chi connectivity index (χ2v) is 7.24. The van der Waals surface area contributed by atoms with Gasteiger partial charge in [-0.25, -0.2) is 0 Å². The van der Waals surface area contributed by atoms with Gasteiger partial charge in [0.05, 0.1) is 30.2 Å². The van der Waals surface area contributed by atoms with Crippen molar-refractivity contribution in [3.05, 3.63) is 60.3 Å². The maximum Gasteiger partial charge on any atom is 0.387 e. The summed E-state index contributed by atoms with van der Waals surface area (Å²) in [7, 11) is 0. The molecule has 1 N–H and O–H groups in total. The van der Waals surface area contributed by atoms with Crippen LogP contribution in [0.3, 0.4) is 0 Å². The number of para-hydroxylation sites is 1. The summed E-state index contributed by atoms with van der Waals surface area (Å²) in [5, 5.41) is 16.3. The number of carbonyl (C=O) groups is 1. The summed E-state index contributed by atoms with van der Waals surface area (Å²) in [4.78, 5) is 12.4. The van der Waals surface area contributed by atoms with Gasteiger partial charge in [-0.2, -0.15) is 19.1 Å². The van der Waals surface area contributed by atoms with Crippen molar-refractivity contribution in [1.82, 2.24) is 9.78 Å². The molecule has 8 nitrogen and oxygen atoms in total. The maximum atomic E-state index is 12.7. The lowest BCUT2D eigenvalue weighted by Crippen LogP contribution is -2.19. The number of ether oxygens (including phenoxy) is 3. The number of nitrogens with zero attached hydrogens (tertiary/aromatic N) is 3. The SMILES string of the molecule is N#Cc1ccccc1NC(=O)Cn1ccc(-c2ccc(OC(F)F)cc2O[C@@H]2CCOC2)n1. The molecule has 3 aromatic rings. The Morgan fingerprint density at radius 1 is 1.30 bits per heavy atom. The molecule has 4 rings (SSSR count). The van der Waals surface area contributed by atoms with Crippen LogP contribution >= 0.6 is 0 Å². The lowest BCUT2D eigenvalue weighted by Gasteiger charge is -2.16. The molecular formula is C23H20F2N4O4. The topological polar surface area (TPSA) is 98.4 Å². The lowest BCUT2D eigenvalue weighted by molar-refractivity contribution is -0.116. The van der Waals surface area contributed by atoms with E-state index in [2.05, 4.69) is 15.2 Å². The Morgan fingerprint density at radius 2 is 2.15 bits per heavy atom. The van der Waals surface area contributed by atoms with E-state index in [-0.39, 0.29) is 24.3 Å². The number of hydrogen-bond donors (Lipinski definition) is 1. The number of carbonyl (C=O) groups excluding carboxylic acids is 1. The van der Waals surface area contributed by atoms with Crippen LogP contribution in [0.5, 0.6) is 11.5 Å². The number of aromatic nitrogens is 2. The molecule has 0 radical (unpaired) electrons. The van der Waals surface area contributed by atoms with Gasteiger partial charge >= 0.3 is 6.61 Å². The third kappa shape index (κ3) is 5.64. The molecule has 1 aliphatic heterocycles. The monoisotopic (exact) mass is 454 g/mol. The minimum Gasteiger partial charge on any atom is -0.487 e. The molecule has 10 heteroatoms. The molecule has 33 heavy (non-hydrogen) atoms. The van der Waals surface area contributed by atoms with Crippen LogP contribution in [0, 0.1) is 11.3 Å². The van der Waals surface area contributed by atoms with E-state index in [0.717, 1.165) is 0 Å². The summed E-state index contributed by atoms with van der Waals surface area (Å²) in [6.45, 7) is -2.08. The van der Waals surface area contributed by atoms with Crippen molar-refractivity contribution in [2.75, 3.05) is 18.5 Å². The van der Waals surface area contributed by atoms with Gasteiger partial charge < -0.3 is 19.5 Å². The highest BCUT2D eigenvalue weighted by Crippen LogP contribution is 2.34. The normalized spacial score (nSPS) is 15.3. The molecule has 2 heterocycles. The van der Waals surface area contributed by atoms with E-state index in [0.29, 0.717) is 47.9 Å². The van der Waals surface area contributed by atoms with Gasteiger partial charge in [0.15, 0.2) is 0 Å². The largest absolute Gasteiger partial charge is 0.487 e. The molecular weight excluding hydrogens is 434 g/mol. The predicted molar refractivity (Wildman–Crippen MR) is 114 cm³/mol. The Balaban J connectivity index is 1.51. The van der Waals surface area contributed by atoms with Gasteiger partial charge in [0.25, 0.3) is 0 Å². The number of benzene rings is 2. The van der Waals surface area contributed by atoms with Crippen LogP contribution in [0.25, 0.3) is 11.3 Å². The molecule has 2 aromatic carbocycles. The molecule has 1 atom stereocenters. The van der Waals surface area contributed by atoms with E-state index in [4.69, 9.17) is 14.7 Å². The van der Waals surface area contributed by atoms with Crippen molar-refractivity contribution in [3.63, 3.8) is 0 Å². The van der Waals surface area contributed by atoms with Crippen molar-refractivity contribution in [1.29, 1.82) is 5.26 Å². The average Bonchev–Trinajstić information content (AvgIpc) is 3.46. The Bertz CT molecular complexity index is 1170. The second-order valence-electron chi connectivity index (χ2n) is 7.24. The number of hydrogen-bond acceptors (Lipinski definition) is 6. The molecule has 1 aromatic heterocycles. The Labute approximate surface area is 188 Å². The van der Waals surface area contributed by atoms with Crippen molar-refractivity contribution in [2.24, 2.45) is 0 Å². The van der Waals surface area contributed by atoms with E-state index in [1.165, 1.54) is 16.8 Å². The van der Waals surface area contributed by atoms with Crippen molar-refractivity contribution < 1.29 is 27.8 Å². The first kappa shape index (κ1) is 22.2. The van der Waals surface area contributed by atoms with Crippen molar-refractivity contribution >= 4 is 11.6 Å². The van der Waals surface area contributed by atoms with Crippen LogP contribution in [0.4, 0.5) is 14.5 Å². The molecule has 0 spiro atoms. The molecule has 170 valence electrons. The first-order chi connectivity index (χ1) is 16.0. The minimum absolute atomic E-state index is 0.0300. The fraction of sp³-hybridized carbons (Fsp3) is 0.261. The number of alkyl halides is 2. The van der Waals surface area contributed by atoms with Crippen LogP contribution in [0.2, 0.25) is 0 Å². The number of amides is 1. The highest BCUT2D eigenvalue weighted by atomic mass is 19.3. The highest BCUT2D eigenvalue weighted by Gasteiger charge is 2.21. The first-order valence-corrected chi connectivity index (χ1v) is 10.2. The van der Waals surface area contributed by atoms with Gasteiger partial charge in [0.1, 0.15) is 30.2 Å². The molecule has 1 saturated heterocycles. The van der Waals surface area contributed by atoms with Gasteiger partial charge in [0.2, 0.25) is 5.91 Å². The number of nitrogens with one attached hydrogen (secondary N) is 1. The van der Waals surface area contributed by atoms with E-state index >= 15 is 0 Å². The van der Waals surface area contributed by atoms with Crippen LogP contribution in [-0.2, 0) is 16.1 Å². The zero-order chi connectivity index (χ0) is 23.2. The Hall–Kier alpha value is -3.97. The van der Waals surface area contributed by atoms with E-state index in [9.17, 15) is 13.6 Å². The van der Waals surface area contributed by atoms with Crippen LogP contribution in [-0.4, -0.2) is 41.6 Å². The van der Waals surface area contributed by atoms with Gasteiger partial charge in [0, 0.05) is 24.2 Å². The smallest absolute Gasteiger partial charge is 0.387 e. The summed E-state index contributed by atoms with van der Waals surface area (Å²) < 4.78 is 42.5. The number of anilines is 1. The van der Waals surface area contributed by atoms with Crippen LogP contribution in [0.1, 0.15) is 12.0 Å². The molecule has 0 bridgehead atoms. The quantitative estimate of drug-likeness (QED) is 0.556. The van der Waals surface area contributed by atoms with Gasteiger partial charge in [-0.1, -0.05) is 12.1 Å². The standard InChI is InChI=1S/C23H20F2N4O4/c24-23(25)33-16-5-6-18(21(11-16)32-17-8-10-31-14-17)20-7-9-29(28-20)13-22(30)27-19-4-2-1-3-15(19)12-26/h1-7,9,11,17,23H,8,10,13-14H2,(H,27,30)/t17-/m1/s1. The zero-order valence-electron chi connectivity index (χ0n) is 17.4. The molecule has 0 saturated carbocycles. The summed E-state index contributed by atoms with van der Waals surface area (Å²) in [5.74, 6) is -0.0495. The van der Waals surface area contributed by atoms with Crippen LogP contribution < -0.4 is 14.8 Å². The van der Waals surface area contributed by atoms with Crippen molar-refractivity contribution in [3.8, 4) is 28.8 Å². The third-order valence-electron chi connectivity index (χ3n) is 4.90. The fourth-order valence-corrected chi connectivity index (χ4v) is 3.39. The first-order valence-electron chi connectivity index (χ1n) is 10.2. The zero-order valence-corrected chi connectivity index (χ0v) is 17.4. The third-order valence-corrected chi connectivity index (χ3v) is 4.90. The molecule has 1 fully saturated rings. The average molecular weight is 454 g/mol. The lowest BCUT2D eigenvalue weighted by atomic mass is 10.1. The van der Waals surface area contributed by atoms with E-state index in [1.807, 2.05) is 6.07 Å². The van der Waals surface area contributed by atoms with Crippen LogP contribution in [0.15, 0.2) is 54.7 Å². The highest BCUT2D eigenvalue weighted by molar-refractivity contribution is 5.91. The number of rotatable bonds is 8. The molecule has 0 aliphatic carbocycles. The Morgan fingerprint density at radius 3 is 2.91 bits per heavy atom. The van der Waals surface area contributed by atoms with E-state index in [1.54, 1.807) is 42.6 Å². The fourth-order valence-electron chi connectivity index (χ4n) is 3.39. The molecule has 1 amide bonds. The predicted octanol–water partition coefficient (Wildman–Crippen LogP) is 3.83. The maximum absolute atomic E-state index is 12.7. The summed E-state index contributed by atoms with van der Waals surface area (Å²) >= 11 is 0. The second kappa shape index (κ2) is 10.1.